The van der Waals surface area contributed by atoms with Crippen molar-refractivity contribution in [1.29, 1.82) is 5.26 Å². The van der Waals surface area contributed by atoms with Crippen LogP contribution < -0.4 is 5.32 Å². The van der Waals surface area contributed by atoms with Crippen LogP contribution in [0.3, 0.4) is 0 Å². The first-order valence-corrected chi connectivity index (χ1v) is 8.66. The van der Waals surface area contributed by atoms with Gasteiger partial charge in [0.15, 0.2) is 0 Å². The van der Waals surface area contributed by atoms with Crippen LogP contribution in [0.1, 0.15) is 5.82 Å². The summed E-state index contributed by atoms with van der Waals surface area (Å²) in [7, 11) is 0. The molecule has 0 saturated carbocycles. The molecule has 4 rings (SSSR count). The summed E-state index contributed by atoms with van der Waals surface area (Å²) in [6.45, 7) is 0. The largest absolute Gasteiger partial charge is 0.360 e. The molecule has 1 aromatic carbocycles. The summed E-state index contributed by atoms with van der Waals surface area (Å²) in [5, 5.41) is 25.7. The van der Waals surface area contributed by atoms with Gasteiger partial charge < -0.3 is 9.72 Å². The van der Waals surface area contributed by atoms with Crippen molar-refractivity contribution in [3.63, 3.8) is 0 Å². The highest BCUT2D eigenvalue weighted by atomic mass is 127. The SMILES string of the molecule is N#CC(=CNc1cccc(-c2cn3cc(I)ccc3n2)c1)c1nn[nH]n1. The fourth-order valence-electron chi connectivity index (χ4n) is 2.45. The van der Waals surface area contributed by atoms with Crippen LogP contribution in [0.2, 0.25) is 0 Å². The molecule has 3 heterocycles. The molecule has 0 unspecified atom stereocenters. The fourth-order valence-corrected chi connectivity index (χ4v) is 2.93. The van der Waals surface area contributed by atoms with Crippen LogP contribution in [0.25, 0.3) is 22.5 Å². The molecule has 4 aromatic rings. The Morgan fingerprint density at radius 2 is 2.19 bits per heavy atom. The lowest BCUT2D eigenvalue weighted by Gasteiger charge is -2.03. The standard InChI is InChI=1S/C17H11IN8/c18-13-4-5-16-21-15(10-26(16)9-13)11-2-1-3-14(6-11)20-8-12(7-19)17-22-24-25-23-17/h1-6,8-10,20H,(H,22,23,24,25). The van der Waals surface area contributed by atoms with Crippen molar-refractivity contribution in [2.75, 3.05) is 5.32 Å². The Kier molecular flexibility index (Phi) is 4.32. The summed E-state index contributed by atoms with van der Waals surface area (Å²) in [5.74, 6) is 0.242. The molecule has 126 valence electrons. The third-order valence-corrected chi connectivity index (χ3v) is 4.30. The van der Waals surface area contributed by atoms with E-state index < -0.39 is 0 Å². The van der Waals surface area contributed by atoms with Gasteiger partial charge >= 0.3 is 0 Å². The molecular weight excluding hydrogens is 443 g/mol. The highest BCUT2D eigenvalue weighted by Gasteiger charge is 2.07. The Morgan fingerprint density at radius 3 is 3.00 bits per heavy atom. The summed E-state index contributed by atoms with van der Waals surface area (Å²) in [6.07, 6.45) is 5.57. The van der Waals surface area contributed by atoms with E-state index in [4.69, 9.17) is 0 Å². The first kappa shape index (κ1) is 16.2. The maximum absolute atomic E-state index is 9.22. The van der Waals surface area contributed by atoms with Gasteiger partial charge in [-0.2, -0.15) is 10.5 Å². The molecule has 0 saturated heterocycles. The van der Waals surface area contributed by atoms with Gasteiger partial charge in [0.05, 0.1) is 5.69 Å². The van der Waals surface area contributed by atoms with Crippen molar-refractivity contribution in [3.05, 3.63) is 64.4 Å². The van der Waals surface area contributed by atoms with E-state index in [2.05, 4.69) is 53.5 Å². The molecule has 0 spiro atoms. The van der Waals surface area contributed by atoms with E-state index in [9.17, 15) is 5.26 Å². The number of nitriles is 1. The molecule has 0 aliphatic rings. The second-order valence-corrected chi connectivity index (χ2v) is 6.61. The van der Waals surface area contributed by atoms with Gasteiger partial charge in [0, 0.05) is 33.4 Å². The lowest BCUT2D eigenvalue weighted by atomic mass is 10.1. The first-order valence-electron chi connectivity index (χ1n) is 7.58. The predicted octanol–water partition coefficient (Wildman–Crippen LogP) is 3.10. The number of aromatic nitrogens is 6. The average molecular weight is 454 g/mol. The summed E-state index contributed by atoms with van der Waals surface area (Å²) in [6, 6.07) is 13.8. The van der Waals surface area contributed by atoms with Gasteiger partial charge in [-0.25, -0.2) is 4.98 Å². The number of tetrazole rings is 1. The zero-order valence-corrected chi connectivity index (χ0v) is 15.4. The van der Waals surface area contributed by atoms with E-state index >= 15 is 0 Å². The average Bonchev–Trinajstić information content (AvgIpc) is 3.32. The van der Waals surface area contributed by atoms with Gasteiger partial charge in [0.25, 0.3) is 0 Å². The quantitative estimate of drug-likeness (QED) is 0.363. The maximum Gasteiger partial charge on any atom is 0.216 e. The number of halogens is 1. The number of imidazole rings is 1. The minimum absolute atomic E-state index is 0.242. The number of aromatic amines is 1. The van der Waals surface area contributed by atoms with Gasteiger partial charge in [0.2, 0.25) is 5.82 Å². The van der Waals surface area contributed by atoms with Crippen LogP contribution in [-0.2, 0) is 0 Å². The topological polar surface area (TPSA) is 108 Å². The second kappa shape index (κ2) is 6.93. The third kappa shape index (κ3) is 3.27. The molecule has 0 aliphatic heterocycles. The Bertz CT molecular complexity index is 1140. The van der Waals surface area contributed by atoms with Gasteiger partial charge in [-0.1, -0.05) is 12.1 Å². The molecule has 0 bridgehead atoms. The van der Waals surface area contributed by atoms with Crippen LogP contribution in [0.4, 0.5) is 5.69 Å². The predicted molar refractivity (Wildman–Crippen MR) is 105 cm³/mol. The number of anilines is 1. The summed E-state index contributed by atoms with van der Waals surface area (Å²) >= 11 is 2.27. The summed E-state index contributed by atoms with van der Waals surface area (Å²) in [5.41, 5.74) is 3.85. The van der Waals surface area contributed by atoms with E-state index in [1.165, 1.54) is 0 Å². The molecule has 0 atom stereocenters. The number of benzene rings is 1. The molecule has 0 fully saturated rings. The maximum atomic E-state index is 9.22. The van der Waals surface area contributed by atoms with Crippen LogP contribution in [-0.4, -0.2) is 30.0 Å². The van der Waals surface area contributed by atoms with E-state index in [0.29, 0.717) is 0 Å². The molecule has 2 N–H and O–H groups in total. The monoisotopic (exact) mass is 454 g/mol. The minimum Gasteiger partial charge on any atom is -0.360 e. The van der Waals surface area contributed by atoms with Crippen molar-refractivity contribution in [2.45, 2.75) is 0 Å². The Morgan fingerprint density at radius 1 is 1.27 bits per heavy atom. The van der Waals surface area contributed by atoms with E-state index in [1.54, 1.807) is 6.20 Å². The highest BCUT2D eigenvalue weighted by molar-refractivity contribution is 14.1. The molecule has 9 heteroatoms. The lowest BCUT2D eigenvalue weighted by molar-refractivity contribution is 0.881. The zero-order chi connectivity index (χ0) is 17.9. The van der Waals surface area contributed by atoms with E-state index in [0.717, 1.165) is 26.2 Å². The summed E-state index contributed by atoms with van der Waals surface area (Å²) in [4.78, 5) is 4.65. The number of rotatable bonds is 4. The van der Waals surface area contributed by atoms with Crippen molar-refractivity contribution >= 4 is 39.5 Å². The van der Waals surface area contributed by atoms with Crippen molar-refractivity contribution in [2.24, 2.45) is 0 Å². The van der Waals surface area contributed by atoms with Crippen molar-refractivity contribution < 1.29 is 0 Å². The van der Waals surface area contributed by atoms with Crippen LogP contribution in [0.5, 0.6) is 0 Å². The number of nitrogens with zero attached hydrogens (tertiary/aromatic N) is 6. The fraction of sp³-hybridized carbons (Fsp3) is 0. The molecule has 3 aromatic heterocycles. The molecule has 0 amide bonds. The Balaban J connectivity index is 1.63. The Labute approximate surface area is 161 Å². The van der Waals surface area contributed by atoms with Crippen LogP contribution >= 0.6 is 22.6 Å². The smallest absolute Gasteiger partial charge is 0.216 e. The normalized spacial score (nSPS) is 11.5. The zero-order valence-electron chi connectivity index (χ0n) is 13.3. The van der Waals surface area contributed by atoms with Gasteiger partial charge in [-0.05, 0) is 52.1 Å². The number of allylic oxidation sites excluding steroid dienone is 1. The van der Waals surface area contributed by atoms with Crippen LogP contribution in [0, 0.1) is 14.9 Å². The van der Waals surface area contributed by atoms with Gasteiger partial charge in [0.1, 0.15) is 17.3 Å². The van der Waals surface area contributed by atoms with E-state index in [-0.39, 0.29) is 11.4 Å². The summed E-state index contributed by atoms with van der Waals surface area (Å²) < 4.78 is 3.14. The lowest BCUT2D eigenvalue weighted by Crippen LogP contribution is -1.93. The van der Waals surface area contributed by atoms with Crippen LogP contribution in [0.15, 0.2) is 55.0 Å². The number of pyridine rings is 1. The van der Waals surface area contributed by atoms with Gasteiger partial charge in [-0.3, -0.25) is 0 Å². The number of fused-ring (bicyclic) bond motifs is 1. The molecule has 26 heavy (non-hydrogen) atoms. The highest BCUT2D eigenvalue weighted by Crippen LogP contribution is 2.23. The van der Waals surface area contributed by atoms with Gasteiger partial charge in [-0.15, -0.1) is 10.2 Å². The minimum atomic E-state index is 0.242. The number of nitrogens with one attached hydrogen (secondary N) is 2. The van der Waals surface area contributed by atoms with E-state index in [1.807, 2.05) is 59.3 Å². The number of H-pyrrole nitrogens is 1. The molecule has 8 nitrogen and oxygen atoms in total. The number of hydrogen-bond acceptors (Lipinski definition) is 6. The second-order valence-electron chi connectivity index (χ2n) is 5.37. The van der Waals surface area contributed by atoms with Crippen molar-refractivity contribution in [1.82, 2.24) is 30.0 Å². The molecule has 0 aliphatic carbocycles. The van der Waals surface area contributed by atoms with Crippen molar-refractivity contribution in [3.8, 4) is 17.3 Å². The molecule has 0 radical (unpaired) electrons. The molecular formula is C17H11IN8. The Hall–Kier alpha value is -3.26. The third-order valence-electron chi connectivity index (χ3n) is 3.66. The number of hydrogen-bond donors (Lipinski definition) is 2. The first-order chi connectivity index (χ1) is 12.7.